The monoisotopic (exact) mass is 993 g/mol. The quantitative estimate of drug-likeness (QED) is 0.160. The van der Waals surface area contributed by atoms with E-state index < -0.39 is 0 Å². The van der Waals surface area contributed by atoms with Gasteiger partial charge >= 0.3 is 0 Å². The highest BCUT2D eigenvalue weighted by molar-refractivity contribution is 6.28. The van der Waals surface area contributed by atoms with Gasteiger partial charge in [0, 0.05) is 71.2 Å². The molecule has 0 atom stereocenters. The van der Waals surface area contributed by atoms with Gasteiger partial charge in [-0.2, -0.15) is 5.26 Å². The Kier molecular flexibility index (Phi) is 9.56. The lowest BCUT2D eigenvalue weighted by atomic mass is 10.0. The van der Waals surface area contributed by atoms with Crippen molar-refractivity contribution in [2.24, 2.45) is 0 Å². The van der Waals surface area contributed by atoms with Crippen molar-refractivity contribution >= 4 is 87.2 Å². The van der Waals surface area contributed by atoms with Gasteiger partial charge in [-0.15, -0.1) is 0 Å². The summed E-state index contributed by atoms with van der Waals surface area (Å²) < 4.78 is 9.43. The molecule has 5 heterocycles. The molecule has 0 radical (unpaired) electrons. The van der Waals surface area contributed by atoms with Gasteiger partial charge in [-0.3, -0.25) is 0 Å². The minimum absolute atomic E-state index is 0.513. The first-order valence-corrected chi connectivity index (χ1v) is 26.3. The third kappa shape index (κ3) is 6.38. The number of hydrogen-bond donors (Lipinski definition) is 0. The lowest BCUT2D eigenvalue weighted by Crippen LogP contribution is -2.06. The van der Waals surface area contributed by atoms with Gasteiger partial charge in [-0.05, 0) is 78.9 Å². The van der Waals surface area contributed by atoms with E-state index >= 15 is 0 Å². The van der Waals surface area contributed by atoms with E-state index in [1.54, 1.807) is 0 Å². The van der Waals surface area contributed by atoms with E-state index in [-0.39, 0.29) is 0 Å². The van der Waals surface area contributed by atoms with Crippen LogP contribution in [0.25, 0.3) is 144 Å². The predicted octanol–water partition coefficient (Wildman–Crippen LogP) is 17.7. The standard InChI is InChI=1S/C71H43N7/c72-44-56-65(77-59-33-17-13-29-50(59)52-37-39-63-67(69(52)77)54-31-15-19-35-61(54)75(63)48-25-9-3-10-26-48)41-47(71-73-57(45-21-5-1-6-22-45)43-58(74-71)46-23-7-2-8-24-46)42-66(56)78-60-34-18-14-30-51(60)53-38-40-64-68(70(53)78)55-32-16-20-36-62(55)76(64)49-27-11-4-12-28-49/h1-43H. The maximum atomic E-state index is 12.3. The Labute approximate surface area is 447 Å². The smallest absolute Gasteiger partial charge is 0.160 e. The number of aromatic nitrogens is 6. The molecule has 11 aromatic carbocycles. The van der Waals surface area contributed by atoms with Crippen molar-refractivity contribution in [3.63, 3.8) is 0 Å². The minimum Gasteiger partial charge on any atom is -0.309 e. The van der Waals surface area contributed by atoms with E-state index in [2.05, 4.69) is 249 Å². The Morgan fingerprint density at radius 1 is 0.295 bits per heavy atom. The fourth-order valence-corrected chi connectivity index (χ4v) is 12.5. The van der Waals surface area contributed by atoms with Crippen LogP contribution in [0.2, 0.25) is 0 Å². The van der Waals surface area contributed by atoms with Crippen LogP contribution in [-0.2, 0) is 0 Å². The van der Waals surface area contributed by atoms with Crippen LogP contribution in [0.5, 0.6) is 0 Å². The predicted molar refractivity (Wildman–Crippen MR) is 320 cm³/mol. The van der Waals surface area contributed by atoms with Crippen molar-refractivity contribution in [1.82, 2.24) is 28.2 Å². The molecule has 5 aromatic heterocycles. The second-order valence-electron chi connectivity index (χ2n) is 20.0. The molecular weight excluding hydrogens is 951 g/mol. The fraction of sp³-hybridized carbons (Fsp3) is 0. The van der Waals surface area contributed by atoms with Crippen molar-refractivity contribution in [1.29, 1.82) is 5.26 Å². The number of hydrogen-bond acceptors (Lipinski definition) is 3. The Morgan fingerprint density at radius 2 is 0.654 bits per heavy atom. The van der Waals surface area contributed by atoms with Crippen molar-refractivity contribution in [3.05, 3.63) is 266 Å². The number of rotatable bonds is 7. The maximum absolute atomic E-state index is 12.3. The average Bonchev–Trinajstić information content (AvgIpc) is 4.39. The van der Waals surface area contributed by atoms with Crippen molar-refractivity contribution in [2.45, 2.75) is 0 Å². The molecule has 7 nitrogen and oxygen atoms in total. The fourth-order valence-electron chi connectivity index (χ4n) is 12.5. The van der Waals surface area contributed by atoms with Crippen LogP contribution in [0, 0.1) is 11.3 Å². The van der Waals surface area contributed by atoms with Gasteiger partial charge in [0.25, 0.3) is 0 Å². The summed E-state index contributed by atoms with van der Waals surface area (Å²) in [4.78, 5) is 11.0. The molecule has 16 rings (SSSR count). The van der Waals surface area contributed by atoms with E-state index in [9.17, 15) is 5.26 Å². The zero-order chi connectivity index (χ0) is 51.4. The molecule has 78 heavy (non-hydrogen) atoms. The van der Waals surface area contributed by atoms with Gasteiger partial charge in [0.05, 0.1) is 66.9 Å². The second kappa shape index (κ2) is 17.1. The summed E-state index contributed by atoms with van der Waals surface area (Å²) in [5, 5.41) is 21.1. The number of nitrogens with zero attached hydrogens (tertiary/aromatic N) is 7. The Bertz CT molecular complexity index is 4820. The summed E-state index contributed by atoms with van der Waals surface area (Å²) in [6, 6.07) is 94.7. The number of fused-ring (bicyclic) bond motifs is 14. The molecule has 0 bridgehead atoms. The van der Waals surface area contributed by atoms with Crippen molar-refractivity contribution < 1.29 is 0 Å². The third-order valence-electron chi connectivity index (χ3n) is 15.8. The average molecular weight is 994 g/mol. The van der Waals surface area contributed by atoms with E-state index in [4.69, 9.17) is 9.97 Å². The lowest BCUT2D eigenvalue weighted by molar-refractivity contribution is 1.11. The van der Waals surface area contributed by atoms with Gasteiger partial charge in [-0.25, -0.2) is 9.97 Å². The first-order valence-electron chi connectivity index (χ1n) is 26.3. The molecule has 0 saturated heterocycles. The Morgan fingerprint density at radius 3 is 1.06 bits per heavy atom. The molecule has 0 aliphatic heterocycles. The summed E-state index contributed by atoms with van der Waals surface area (Å²) >= 11 is 0. The zero-order valence-electron chi connectivity index (χ0n) is 42.0. The molecule has 0 unspecified atom stereocenters. The van der Waals surface area contributed by atoms with Crippen LogP contribution >= 0.6 is 0 Å². The summed E-state index contributed by atoms with van der Waals surface area (Å²) in [5.74, 6) is 0.542. The second-order valence-corrected chi connectivity index (χ2v) is 20.0. The van der Waals surface area contributed by atoms with Crippen LogP contribution in [0.4, 0.5) is 0 Å². The van der Waals surface area contributed by atoms with Crippen LogP contribution in [0.15, 0.2) is 261 Å². The van der Waals surface area contributed by atoms with Gasteiger partial charge in [-0.1, -0.05) is 182 Å². The highest BCUT2D eigenvalue weighted by Gasteiger charge is 2.28. The summed E-state index contributed by atoms with van der Waals surface area (Å²) in [6.45, 7) is 0. The topological polar surface area (TPSA) is 69.3 Å². The summed E-state index contributed by atoms with van der Waals surface area (Å²) in [6.07, 6.45) is 0. The van der Waals surface area contributed by atoms with Crippen molar-refractivity contribution in [3.8, 4) is 62.7 Å². The van der Waals surface area contributed by atoms with Crippen LogP contribution in [-0.4, -0.2) is 28.2 Å². The van der Waals surface area contributed by atoms with E-state index in [1.807, 2.05) is 36.4 Å². The molecule has 0 spiro atoms. The largest absolute Gasteiger partial charge is 0.309 e. The van der Waals surface area contributed by atoms with Crippen molar-refractivity contribution in [2.75, 3.05) is 0 Å². The Balaban J connectivity index is 1.10. The van der Waals surface area contributed by atoms with Crippen LogP contribution in [0.1, 0.15) is 5.56 Å². The molecule has 16 aromatic rings. The van der Waals surface area contributed by atoms with Crippen LogP contribution < -0.4 is 0 Å². The van der Waals surface area contributed by atoms with Crippen LogP contribution in [0.3, 0.4) is 0 Å². The molecule has 0 amide bonds. The summed E-state index contributed by atoms with van der Waals surface area (Å²) in [7, 11) is 0. The Hall–Kier alpha value is -10.8. The first-order chi connectivity index (χ1) is 38.7. The normalized spacial score (nSPS) is 11.8. The molecule has 0 aliphatic rings. The SMILES string of the molecule is N#Cc1c(-n2c3ccccc3c3ccc4c(c5ccccc5n4-c4ccccc4)c32)cc(-c2nc(-c3ccccc3)cc(-c3ccccc3)n2)cc1-n1c2ccccc2c2ccc3c(c4ccccc4n3-c3ccccc3)c21. The zero-order valence-corrected chi connectivity index (χ0v) is 42.0. The molecule has 0 saturated carbocycles. The minimum atomic E-state index is 0.513. The number of para-hydroxylation sites is 6. The van der Waals surface area contributed by atoms with Gasteiger partial charge in [0.1, 0.15) is 11.6 Å². The lowest BCUT2D eigenvalue weighted by Gasteiger charge is -2.19. The molecule has 7 heteroatoms. The van der Waals surface area contributed by atoms with E-state index in [0.29, 0.717) is 11.4 Å². The maximum Gasteiger partial charge on any atom is 0.160 e. The number of nitriles is 1. The van der Waals surface area contributed by atoms with Gasteiger partial charge in [0.15, 0.2) is 5.82 Å². The third-order valence-corrected chi connectivity index (χ3v) is 15.8. The highest BCUT2D eigenvalue weighted by Crippen LogP contribution is 2.47. The molecule has 0 fully saturated rings. The molecule has 0 aliphatic carbocycles. The molecule has 362 valence electrons. The molecular formula is C71H43N7. The van der Waals surface area contributed by atoms with E-state index in [0.717, 1.165) is 138 Å². The highest BCUT2D eigenvalue weighted by atomic mass is 15.1. The number of benzene rings is 11. The van der Waals surface area contributed by atoms with E-state index in [1.165, 1.54) is 0 Å². The summed E-state index contributed by atoms with van der Waals surface area (Å²) in [5.41, 5.74) is 16.7. The first kappa shape index (κ1) is 43.6. The molecule has 0 N–H and O–H groups in total. The van der Waals surface area contributed by atoms with Gasteiger partial charge < -0.3 is 18.3 Å². The van der Waals surface area contributed by atoms with Gasteiger partial charge in [0.2, 0.25) is 0 Å².